The van der Waals surface area contributed by atoms with Gasteiger partial charge in [0.1, 0.15) is 52.0 Å². The molecule has 1 fully saturated rings. The molecule has 0 radical (unpaired) electrons. The number of anilines is 3. The van der Waals surface area contributed by atoms with Crippen LogP contribution in [0.1, 0.15) is 42.0 Å². The largest absolute Gasteiger partial charge is 0.490 e. The third-order valence-corrected chi connectivity index (χ3v) is 9.66. The minimum atomic E-state index is -5.20. The van der Waals surface area contributed by atoms with Crippen molar-refractivity contribution in [3.05, 3.63) is 57.7 Å². The maximum atomic E-state index is 17.0. The second kappa shape index (κ2) is 11.2. The lowest BCUT2D eigenvalue weighted by atomic mass is 9.91. The number of nitrogens with zero attached hydrogens (tertiary/aromatic N) is 5. The summed E-state index contributed by atoms with van der Waals surface area (Å²) >= 11 is 6.98. The fourth-order valence-corrected chi connectivity index (χ4v) is 7.33. The van der Waals surface area contributed by atoms with Gasteiger partial charge in [-0.2, -0.15) is 28.4 Å². The highest BCUT2D eigenvalue weighted by Crippen LogP contribution is 2.54. The molecule has 242 valence electrons. The normalized spacial score (nSPS) is 15.4. The van der Waals surface area contributed by atoms with Crippen molar-refractivity contribution in [2.24, 2.45) is 5.92 Å². The molecule has 7 rings (SSSR count). The summed E-state index contributed by atoms with van der Waals surface area (Å²) < 4.78 is 88.7. The Bertz CT molecular complexity index is 2150. The Morgan fingerprint density at radius 1 is 1.21 bits per heavy atom. The van der Waals surface area contributed by atoms with Crippen LogP contribution in [0.3, 0.4) is 0 Å². The Balaban J connectivity index is 1.59. The summed E-state index contributed by atoms with van der Waals surface area (Å²) in [7, 11) is 1.24. The summed E-state index contributed by atoms with van der Waals surface area (Å²) in [5.74, 6) is -2.55. The van der Waals surface area contributed by atoms with Crippen LogP contribution in [0.15, 0.2) is 24.4 Å². The van der Waals surface area contributed by atoms with Crippen LogP contribution < -0.4 is 25.8 Å². The molecule has 0 unspecified atom stereocenters. The SMILES string of the molecule is COc1nc2c3c(c(C(F)(F)F)c(-c4ccc(F)c5sc(N)c(C#N)c45)c(F)c3n1)OCCN2[C@H](CC1CC1)c1cc(Cl)cnc1N. The molecule has 47 heavy (non-hydrogen) atoms. The van der Waals surface area contributed by atoms with Gasteiger partial charge in [-0.1, -0.05) is 30.5 Å². The van der Waals surface area contributed by atoms with Crippen LogP contribution in [0.25, 0.3) is 32.1 Å². The van der Waals surface area contributed by atoms with E-state index in [9.17, 15) is 9.65 Å². The van der Waals surface area contributed by atoms with Gasteiger partial charge in [-0.3, -0.25) is 0 Å². The fraction of sp³-hybridized carbons (Fsp3) is 0.290. The number of halogens is 6. The lowest BCUT2D eigenvalue weighted by Crippen LogP contribution is -2.33. The first-order valence-electron chi connectivity index (χ1n) is 14.3. The second-order valence-electron chi connectivity index (χ2n) is 11.3. The fourth-order valence-electron chi connectivity index (χ4n) is 6.22. The Kier molecular flexibility index (Phi) is 7.40. The molecule has 1 aliphatic carbocycles. The topological polar surface area (TPSA) is 136 Å². The predicted octanol–water partition coefficient (Wildman–Crippen LogP) is 7.64. The number of thiophene rings is 1. The number of hydrogen-bond donors (Lipinski definition) is 2. The molecule has 16 heteroatoms. The van der Waals surface area contributed by atoms with E-state index >= 15 is 17.6 Å². The monoisotopic (exact) mass is 687 g/mol. The van der Waals surface area contributed by atoms with Crippen molar-refractivity contribution >= 4 is 60.6 Å². The average Bonchev–Trinajstić information content (AvgIpc) is 3.81. The average molecular weight is 688 g/mol. The van der Waals surface area contributed by atoms with E-state index in [-0.39, 0.29) is 56.8 Å². The lowest BCUT2D eigenvalue weighted by Gasteiger charge is -2.33. The Morgan fingerprint density at radius 2 is 1.98 bits per heavy atom. The van der Waals surface area contributed by atoms with Gasteiger partial charge in [0.05, 0.1) is 40.4 Å². The van der Waals surface area contributed by atoms with E-state index in [4.69, 9.17) is 32.5 Å². The molecule has 5 aromatic rings. The molecular weight excluding hydrogens is 665 g/mol. The van der Waals surface area contributed by atoms with Crippen molar-refractivity contribution < 1.29 is 31.4 Å². The van der Waals surface area contributed by atoms with E-state index in [1.807, 2.05) is 6.07 Å². The van der Waals surface area contributed by atoms with Crippen molar-refractivity contribution in [3.8, 4) is 29.0 Å². The molecule has 4 N–H and O–H groups in total. The molecule has 2 aromatic carbocycles. The number of nitriles is 1. The molecule has 0 bridgehead atoms. The molecule has 9 nitrogen and oxygen atoms in total. The molecule has 2 aliphatic rings. The molecule has 0 saturated heterocycles. The van der Waals surface area contributed by atoms with Crippen LogP contribution in [0, 0.1) is 28.9 Å². The zero-order valence-electron chi connectivity index (χ0n) is 24.4. The maximum absolute atomic E-state index is 17.0. The lowest BCUT2D eigenvalue weighted by molar-refractivity contribution is -0.138. The first-order chi connectivity index (χ1) is 22.4. The highest BCUT2D eigenvalue weighted by molar-refractivity contribution is 7.23. The van der Waals surface area contributed by atoms with Gasteiger partial charge in [0.15, 0.2) is 5.82 Å². The van der Waals surface area contributed by atoms with E-state index in [1.54, 1.807) is 11.0 Å². The number of benzene rings is 2. The summed E-state index contributed by atoms with van der Waals surface area (Å²) in [5, 5.41) is 9.40. The minimum absolute atomic E-state index is 0.0158. The Morgan fingerprint density at radius 3 is 2.66 bits per heavy atom. The molecular formula is C31H23ClF5N7O2S. The number of nitrogen functional groups attached to an aromatic ring is 2. The van der Waals surface area contributed by atoms with Gasteiger partial charge in [0.25, 0.3) is 0 Å². The van der Waals surface area contributed by atoms with Crippen molar-refractivity contribution in [1.29, 1.82) is 5.26 Å². The second-order valence-corrected chi connectivity index (χ2v) is 12.8. The zero-order chi connectivity index (χ0) is 33.4. The third kappa shape index (κ3) is 5.06. The number of ether oxygens (including phenoxy) is 2. The molecule has 0 spiro atoms. The summed E-state index contributed by atoms with van der Waals surface area (Å²) in [5.41, 5.74) is 9.13. The van der Waals surface area contributed by atoms with Crippen molar-refractivity contribution in [3.63, 3.8) is 0 Å². The van der Waals surface area contributed by atoms with Gasteiger partial charge in [-0.15, -0.1) is 11.3 Å². The first kappa shape index (κ1) is 30.9. The number of hydrogen-bond acceptors (Lipinski definition) is 10. The van der Waals surface area contributed by atoms with Gasteiger partial charge in [0.2, 0.25) is 0 Å². The van der Waals surface area contributed by atoms with Crippen LogP contribution in [0.4, 0.5) is 38.6 Å². The summed E-state index contributed by atoms with van der Waals surface area (Å²) in [4.78, 5) is 14.5. The third-order valence-electron chi connectivity index (χ3n) is 8.42. The Hall–Kier alpha value is -4.68. The number of fused-ring (bicyclic) bond motifs is 1. The molecule has 0 amide bonds. The quantitative estimate of drug-likeness (QED) is 0.173. The molecule has 1 aliphatic heterocycles. The number of aromatic nitrogens is 3. The van der Waals surface area contributed by atoms with Crippen molar-refractivity contribution in [2.75, 3.05) is 36.6 Å². The highest BCUT2D eigenvalue weighted by atomic mass is 35.5. The van der Waals surface area contributed by atoms with Gasteiger partial charge in [0, 0.05) is 22.7 Å². The number of methoxy groups -OCH3 is 1. The number of pyridine rings is 1. The van der Waals surface area contributed by atoms with Gasteiger partial charge in [-0.05, 0) is 30.0 Å². The highest BCUT2D eigenvalue weighted by Gasteiger charge is 2.45. The molecule has 4 heterocycles. The smallest absolute Gasteiger partial charge is 0.420 e. The molecule has 1 saturated carbocycles. The standard InChI is InChI=1S/C31H23ClF5N7O2S/c1-45-30-42-24-21-25(46-7-6-44(29(21)43-30)18(8-12-2-3-12)15-9-13(32)11-41-27(15)39)22(31(35,36)37)20(23(24)34)14-4-5-17(33)26-19(14)16(10-38)28(40)47-26/h4-5,9,11-12,18H,2-3,6-8,40H2,1H3,(H2,39,41)/t18-/m1/s1. The van der Waals surface area contributed by atoms with Crippen molar-refractivity contribution in [2.45, 2.75) is 31.5 Å². The number of alkyl halides is 3. The van der Waals surface area contributed by atoms with E-state index in [2.05, 4.69) is 15.0 Å². The zero-order valence-corrected chi connectivity index (χ0v) is 26.0. The van der Waals surface area contributed by atoms with Gasteiger partial charge < -0.3 is 25.8 Å². The molecule has 1 atom stereocenters. The maximum Gasteiger partial charge on any atom is 0.420 e. The number of nitrogens with two attached hydrogens (primary N) is 2. The Labute approximate surface area is 272 Å². The van der Waals surface area contributed by atoms with E-state index in [0.717, 1.165) is 25.0 Å². The summed E-state index contributed by atoms with van der Waals surface area (Å²) in [6.07, 6.45) is -1.40. The van der Waals surface area contributed by atoms with E-state index < -0.39 is 51.8 Å². The van der Waals surface area contributed by atoms with Crippen LogP contribution >= 0.6 is 22.9 Å². The van der Waals surface area contributed by atoms with Crippen LogP contribution in [0.5, 0.6) is 11.8 Å². The number of rotatable bonds is 6. The van der Waals surface area contributed by atoms with Crippen molar-refractivity contribution in [1.82, 2.24) is 15.0 Å². The summed E-state index contributed by atoms with van der Waals surface area (Å²) in [6, 6.07) is 4.45. The summed E-state index contributed by atoms with van der Waals surface area (Å²) in [6.45, 7) is -0.257. The predicted molar refractivity (Wildman–Crippen MR) is 168 cm³/mol. The van der Waals surface area contributed by atoms with Gasteiger partial charge >= 0.3 is 12.2 Å². The van der Waals surface area contributed by atoms with Gasteiger partial charge in [-0.25, -0.2) is 13.8 Å². The van der Waals surface area contributed by atoms with E-state index in [0.29, 0.717) is 34.3 Å². The van der Waals surface area contributed by atoms with E-state index in [1.165, 1.54) is 13.3 Å². The van der Waals surface area contributed by atoms with Crippen LogP contribution in [-0.4, -0.2) is 35.2 Å². The molecule has 3 aromatic heterocycles. The van der Waals surface area contributed by atoms with Crippen LogP contribution in [0.2, 0.25) is 5.02 Å². The van der Waals surface area contributed by atoms with Crippen LogP contribution in [-0.2, 0) is 6.18 Å². The first-order valence-corrected chi connectivity index (χ1v) is 15.5. The minimum Gasteiger partial charge on any atom is -0.490 e.